The molecule has 1 saturated heterocycles. The molecule has 0 saturated carbocycles. The number of rotatable bonds is 29. The van der Waals surface area contributed by atoms with Crippen LogP contribution in [0.2, 0.25) is 0 Å². The summed E-state index contributed by atoms with van der Waals surface area (Å²) in [6.45, 7) is 1.12. The normalized spacial score (nSPS) is 21.2. The number of hydrogen-bond acceptors (Lipinski definition) is 13. The Morgan fingerprint density at radius 3 is 2.21 bits per heavy atom. The van der Waals surface area contributed by atoms with Crippen molar-refractivity contribution in [2.75, 3.05) is 32.2 Å². The number of fused-ring (bicyclic) bond motifs is 1. The lowest BCUT2D eigenvalue weighted by Gasteiger charge is -2.28. The number of halogens is 1. The van der Waals surface area contributed by atoms with Crippen molar-refractivity contribution in [2.45, 2.75) is 146 Å². The molecule has 4 rings (SSSR count). The molecule has 1 unspecified atom stereocenters. The number of unbranched alkanes of at least 4 members (excludes halogenated alkanes) is 15. The van der Waals surface area contributed by atoms with Gasteiger partial charge in [-0.25, -0.2) is 18.5 Å². The Balaban J connectivity index is 1.18. The first-order chi connectivity index (χ1) is 27.5. The maximum atomic E-state index is 14.6. The molecular formula is C40H62FN6O9P. The number of phosphoric ester groups is 1. The summed E-state index contributed by atoms with van der Waals surface area (Å²) in [7, 11) is -4.85. The maximum Gasteiger partial charge on any atom is 0.472 e. The molecule has 0 aliphatic carbocycles. The van der Waals surface area contributed by atoms with E-state index in [0.717, 1.165) is 25.3 Å². The molecule has 57 heavy (non-hydrogen) atoms. The number of ether oxygens (including phenoxy) is 3. The molecule has 6 atom stereocenters. The van der Waals surface area contributed by atoms with Crippen molar-refractivity contribution in [1.82, 2.24) is 14.6 Å². The minimum absolute atomic E-state index is 0.0213. The number of nitrogen functional groups attached to an aromatic ring is 1. The fourth-order valence-corrected chi connectivity index (χ4v) is 7.62. The summed E-state index contributed by atoms with van der Waals surface area (Å²) in [5.41, 5.74) is 11.1. The lowest BCUT2D eigenvalue weighted by atomic mass is 10.0. The van der Waals surface area contributed by atoms with Gasteiger partial charge in [-0.2, -0.15) is 10.4 Å². The number of aliphatic hydroxyl groups excluding tert-OH is 2. The van der Waals surface area contributed by atoms with Crippen molar-refractivity contribution in [3.8, 4) is 6.07 Å². The molecule has 1 aromatic carbocycles. The monoisotopic (exact) mass is 820 g/mol. The van der Waals surface area contributed by atoms with Gasteiger partial charge >= 0.3 is 7.82 Å². The Hall–Kier alpha value is -3.07. The highest BCUT2D eigenvalue weighted by atomic mass is 31.2. The van der Waals surface area contributed by atoms with Crippen LogP contribution in [0.25, 0.3) is 5.52 Å². The Labute approximate surface area is 335 Å². The highest BCUT2D eigenvalue weighted by Crippen LogP contribution is 2.46. The molecule has 1 aliphatic heterocycles. The number of hydrogen-bond donors (Lipinski definition) is 5. The summed E-state index contributed by atoms with van der Waals surface area (Å²) in [5, 5.41) is 34.8. The van der Waals surface area contributed by atoms with Crippen LogP contribution in [-0.4, -0.2) is 80.2 Å². The lowest BCUT2D eigenvalue weighted by molar-refractivity contribution is -0.109. The third-order valence-electron chi connectivity index (χ3n) is 10.3. The van der Waals surface area contributed by atoms with E-state index in [4.69, 9.17) is 40.0 Å². The van der Waals surface area contributed by atoms with Crippen LogP contribution >= 0.6 is 7.82 Å². The molecule has 2 aromatic heterocycles. The van der Waals surface area contributed by atoms with Crippen LogP contribution in [0.4, 0.5) is 10.2 Å². The Bertz CT molecular complexity index is 1730. The molecule has 1 fully saturated rings. The largest absolute Gasteiger partial charge is 0.472 e. The molecule has 17 heteroatoms. The number of benzene rings is 1. The van der Waals surface area contributed by atoms with E-state index >= 15 is 0 Å². The Kier molecular flexibility index (Phi) is 19.7. The number of aliphatic hydroxyl groups is 2. The SMILES string of the molecule is CCCCCCCCCCCCCCCCCCOC[C@H](COP(=O)(O)OC[C@@]1(N)O[C@@H](c2ccc3c(N)ncnn23)[C@H](O)[C@@H]1O)OCc1ccc(C#N)cc1F. The van der Waals surface area contributed by atoms with E-state index in [-0.39, 0.29) is 30.2 Å². The summed E-state index contributed by atoms with van der Waals surface area (Å²) < 4.78 is 56.8. The van der Waals surface area contributed by atoms with Gasteiger partial charge in [-0.3, -0.25) is 14.8 Å². The summed E-state index contributed by atoms with van der Waals surface area (Å²) in [6.07, 6.45) is 15.9. The minimum atomic E-state index is -4.85. The fraction of sp³-hybridized carbons (Fsp3) is 0.675. The van der Waals surface area contributed by atoms with E-state index in [0.29, 0.717) is 17.8 Å². The Morgan fingerprint density at radius 1 is 0.965 bits per heavy atom. The summed E-state index contributed by atoms with van der Waals surface area (Å²) in [5.74, 6) is -0.452. The number of nitriles is 1. The van der Waals surface area contributed by atoms with Crippen molar-refractivity contribution in [3.05, 3.63) is 59.3 Å². The van der Waals surface area contributed by atoms with Gasteiger partial charge in [0.15, 0.2) is 11.5 Å². The second-order valence-electron chi connectivity index (χ2n) is 14.9. The van der Waals surface area contributed by atoms with Crippen LogP contribution in [-0.2, 0) is 34.4 Å². The van der Waals surface area contributed by atoms with Gasteiger partial charge in [0.1, 0.15) is 48.7 Å². The number of phosphoric acid groups is 1. The predicted octanol–water partition coefficient (Wildman–Crippen LogP) is 6.77. The zero-order valence-electron chi connectivity index (χ0n) is 33.2. The number of anilines is 1. The van der Waals surface area contributed by atoms with Crippen molar-refractivity contribution >= 4 is 19.2 Å². The smallest absolute Gasteiger partial charge is 0.387 e. The van der Waals surface area contributed by atoms with Crippen LogP contribution in [0.1, 0.15) is 133 Å². The molecule has 0 amide bonds. The van der Waals surface area contributed by atoms with E-state index in [1.165, 1.54) is 106 Å². The molecular weight excluding hydrogens is 758 g/mol. The van der Waals surface area contributed by atoms with Crippen molar-refractivity contribution in [1.29, 1.82) is 5.26 Å². The van der Waals surface area contributed by atoms with Gasteiger partial charge in [0.05, 0.1) is 37.1 Å². The standard InChI is InChI=1S/C40H62FN6O9P/c1-2-3-4-5-6-7-8-9-10-11-12-13-14-15-16-17-22-52-26-32(53-25-31-19-18-30(24-42)23-33(31)41)27-54-57(50,51)55-28-40(44)38(49)36(48)37(56-40)34-20-21-35-39(43)45-29-46-47(34)35/h18-21,23,29,32,36-38,48-49H,2-17,22,25-28,44H2,1H3,(H,50,51)(H2,43,45,46)/t32-,36+,37+,38+,40-/m1/s1. The predicted molar refractivity (Wildman–Crippen MR) is 212 cm³/mol. The fourth-order valence-electron chi connectivity index (χ4n) is 6.82. The van der Waals surface area contributed by atoms with Gasteiger partial charge in [-0.1, -0.05) is 109 Å². The molecule has 3 heterocycles. The second kappa shape index (κ2) is 24.1. The molecule has 1 aliphatic rings. The van der Waals surface area contributed by atoms with Crippen molar-refractivity contribution in [2.24, 2.45) is 5.73 Å². The third-order valence-corrected chi connectivity index (χ3v) is 11.2. The van der Waals surface area contributed by atoms with Gasteiger partial charge in [0.25, 0.3) is 0 Å². The quantitative estimate of drug-likeness (QED) is 0.0360. The number of nitrogens with two attached hydrogens (primary N) is 2. The summed E-state index contributed by atoms with van der Waals surface area (Å²) in [4.78, 5) is 14.5. The van der Waals surface area contributed by atoms with E-state index in [2.05, 4.69) is 17.0 Å². The first-order valence-corrected chi connectivity index (χ1v) is 21.9. The van der Waals surface area contributed by atoms with E-state index < -0.39 is 57.0 Å². The first-order valence-electron chi connectivity index (χ1n) is 20.4. The topological polar surface area (TPSA) is 230 Å². The molecule has 15 nitrogen and oxygen atoms in total. The van der Waals surface area contributed by atoms with Gasteiger partial charge in [-0.15, -0.1) is 0 Å². The Morgan fingerprint density at radius 2 is 1.60 bits per heavy atom. The van der Waals surface area contributed by atoms with Crippen molar-refractivity contribution < 1.29 is 47.3 Å². The van der Waals surface area contributed by atoms with Crippen LogP contribution < -0.4 is 11.5 Å². The molecule has 0 spiro atoms. The summed E-state index contributed by atoms with van der Waals surface area (Å²) >= 11 is 0. The zero-order valence-corrected chi connectivity index (χ0v) is 34.1. The average Bonchev–Trinajstić information content (AvgIpc) is 3.73. The van der Waals surface area contributed by atoms with Crippen LogP contribution in [0.15, 0.2) is 36.7 Å². The van der Waals surface area contributed by atoms with E-state index in [9.17, 15) is 24.1 Å². The molecule has 7 N–H and O–H groups in total. The lowest BCUT2D eigenvalue weighted by Crippen LogP contribution is -2.54. The van der Waals surface area contributed by atoms with Crippen molar-refractivity contribution in [3.63, 3.8) is 0 Å². The zero-order chi connectivity index (χ0) is 41.1. The average molecular weight is 821 g/mol. The number of nitrogens with zero attached hydrogens (tertiary/aromatic N) is 4. The second-order valence-corrected chi connectivity index (χ2v) is 16.3. The molecule has 0 bridgehead atoms. The summed E-state index contributed by atoms with van der Waals surface area (Å²) in [6, 6.07) is 9.04. The minimum Gasteiger partial charge on any atom is -0.387 e. The van der Waals surface area contributed by atoms with Gasteiger partial charge < -0.3 is 35.1 Å². The van der Waals surface area contributed by atoms with Gasteiger partial charge in [0, 0.05) is 12.2 Å². The molecule has 3 aromatic rings. The maximum absolute atomic E-state index is 14.6. The van der Waals surface area contributed by atoms with E-state index in [1.54, 1.807) is 12.1 Å². The van der Waals surface area contributed by atoms with Crippen LogP contribution in [0.3, 0.4) is 0 Å². The molecule has 0 radical (unpaired) electrons. The highest BCUT2D eigenvalue weighted by molar-refractivity contribution is 7.47. The van der Waals surface area contributed by atoms with Gasteiger partial charge in [0.2, 0.25) is 0 Å². The third kappa shape index (κ3) is 14.9. The first kappa shape index (κ1) is 46.6. The van der Waals surface area contributed by atoms with E-state index in [1.807, 2.05) is 6.07 Å². The molecule has 318 valence electrons. The van der Waals surface area contributed by atoms with Gasteiger partial charge in [-0.05, 0) is 30.7 Å². The number of aromatic nitrogens is 3. The highest BCUT2D eigenvalue weighted by Gasteiger charge is 2.54. The van der Waals surface area contributed by atoms with Crippen LogP contribution in [0.5, 0.6) is 0 Å². The van der Waals surface area contributed by atoms with Crippen LogP contribution in [0, 0.1) is 17.1 Å².